The van der Waals surface area contributed by atoms with Crippen LogP contribution in [0, 0.1) is 5.82 Å². The van der Waals surface area contributed by atoms with E-state index in [0.29, 0.717) is 6.54 Å². The summed E-state index contributed by atoms with van der Waals surface area (Å²) < 4.78 is 15.0. The fourth-order valence-corrected chi connectivity index (χ4v) is 1.99. The molecule has 2 nitrogen and oxygen atoms in total. The van der Waals surface area contributed by atoms with Gasteiger partial charge in [0.2, 0.25) is 0 Å². The first-order valence-corrected chi connectivity index (χ1v) is 5.00. The third kappa shape index (κ3) is 1.85. The van der Waals surface area contributed by atoms with Crippen LogP contribution in [0.1, 0.15) is 11.3 Å². The van der Waals surface area contributed by atoms with Crippen LogP contribution in [0.4, 0.5) is 4.39 Å². The highest BCUT2D eigenvalue weighted by molar-refractivity contribution is 9.07. The molecule has 0 fully saturated rings. The molecule has 13 heavy (non-hydrogen) atoms. The van der Waals surface area contributed by atoms with Crippen molar-refractivity contribution in [3.05, 3.63) is 28.3 Å². The van der Waals surface area contributed by atoms with Crippen molar-refractivity contribution in [1.29, 1.82) is 0 Å². The summed E-state index contributed by atoms with van der Waals surface area (Å²) in [6.07, 6.45) is 0.806. The van der Waals surface area contributed by atoms with Gasteiger partial charge in [0, 0.05) is 41.4 Å². The van der Waals surface area contributed by atoms with E-state index in [1.165, 1.54) is 6.07 Å². The van der Waals surface area contributed by atoms with Gasteiger partial charge in [0.05, 0.1) is 0 Å². The lowest BCUT2D eigenvalue weighted by molar-refractivity contribution is 0.450. The summed E-state index contributed by atoms with van der Waals surface area (Å²) >= 11 is 8.92. The molecule has 0 radical (unpaired) electrons. The van der Waals surface area contributed by atoms with Gasteiger partial charge in [-0.3, -0.25) is 0 Å². The van der Waals surface area contributed by atoms with Gasteiger partial charge in [0.25, 0.3) is 0 Å². The average Bonchev–Trinajstić information content (AvgIpc) is 2.08. The molecule has 70 valence electrons. The molecule has 0 aliphatic carbocycles. The predicted octanol–water partition coefficient (Wildman–Crippen LogP) is 2.54. The maximum absolute atomic E-state index is 13.0. The number of fused-ring (bicyclic) bond motifs is 1. The molecule has 1 aliphatic heterocycles. The van der Waals surface area contributed by atoms with Gasteiger partial charge in [-0.1, -0.05) is 11.6 Å². The zero-order valence-corrected chi connectivity index (χ0v) is 9.07. The van der Waals surface area contributed by atoms with Crippen LogP contribution in [-0.2, 0) is 13.0 Å². The Morgan fingerprint density at radius 3 is 3.15 bits per heavy atom. The lowest BCUT2D eigenvalue weighted by Gasteiger charge is -2.22. The van der Waals surface area contributed by atoms with E-state index in [2.05, 4.69) is 21.1 Å². The monoisotopic (exact) mass is 264 g/mol. The van der Waals surface area contributed by atoms with E-state index in [4.69, 9.17) is 11.6 Å². The van der Waals surface area contributed by atoms with Gasteiger partial charge < -0.3 is 0 Å². The number of pyridine rings is 1. The molecule has 0 amide bonds. The van der Waals surface area contributed by atoms with Crippen LogP contribution in [0.3, 0.4) is 0 Å². The van der Waals surface area contributed by atoms with Gasteiger partial charge in [-0.25, -0.2) is 13.3 Å². The Balaban J connectivity index is 2.43. The predicted molar refractivity (Wildman–Crippen MR) is 52.2 cm³/mol. The molecular weight excluding hydrogens is 258 g/mol. The summed E-state index contributed by atoms with van der Waals surface area (Å²) in [4.78, 5) is 3.99. The van der Waals surface area contributed by atoms with Gasteiger partial charge in [0.1, 0.15) is 0 Å². The van der Waals surface area contributed by atoms with Gasteiger partial charge in [-0.15, -0.1) is 0 Å². The molecule has 0 saturated heterocycles. The largest absolute Gasteiger partial charge is 0.238 e. The first kappa shape index (κ1) is 9.37. The summed E-state index contributed by atoms with van der Waals surface area (Å²) in [5, 5.41) is -0.0261. The van der Waals surface area contributed by atoms with Gasteiger partial charge in [-0.2, -0.15) is 0 Å². The molecular formula is C8H7BrClFN2. The minimum Gasteiger partial charge on any atom is -0.238 e. The Morgan fingerprint density at radius 2 is 2.38 bits per heavy atom. The number of halogens is 3. The van der Waals surface area contributed by atoms with E-state index >= 15 is 0 Å². The lowest BCUT2D eigenvalue weighted by Crippen LogP contribution is -2.23. The SMILES string of the molecule is Fc1cc2c(nc1Cl)CCN(Br)C2. The standard InChI is InChI=1S/C8H7BrClFN2/c9-13-2-1-7-5(4-13)3-6(11)8(10)12-7/h3H,1-2,4H2. The van der Waals surface area contributed by atoms with Crippen LogP contribution in [0.15, 0.2) is 6.07 Å². The smallest absolute Gasteiger partial charge is 0.165 e. The quantitative estimate of drug-likeness (QED) is 0.529. The van der Waals surface area contributed by atoms with Crippen molar-refractivity contribution in [2.45, 2.75) is 13.0 Å². The molecule has 0 spiro atoms. The Kier molecular flexibility index (Phi) is 2.53. The molecule has 0 atom stereocenters. The topological polar surface area (TPSA) is 16.1 Å². The van der Waals surface area contributed by atoms with Crippen molar-refractivity contribution in [1.82, 2.24) is 8.91 Å². The van der Waals surface area contributed by atoms with Crippen molar-refractivity contribution >= 4 is 27.7 Å². The Morgan fingerprint density at radius 1 is 1.62 bits per heavy atom. The lowest BCUT2D eigenvalue weighted by atomic mass is 10.1. The van der Waals surface area contributed by atoms with Crippen LogP contribution in [0.2, 0.25) is 5.15 Å². The zero-order chi connectivity index (χ0) is 9.42. The van der Waals surface area contributed by atoms with Crippen LogP contribution in [0.5, 0.6) is 0 Å². The first-order valence-electron chi connectivity index (χ1n) is 3.91. The zero-order valence-electron chi connectivity index (χ0n) is 6.73. The van der Waals surface area contributed by atoms with Crippen LogP contribution in [0.25, 0.3) is 0 Å². The summed E-state index contributed by atoms with van der Waals surface area (Å²) in [7, 11) is 0. The maximum atomic E-state index is 13.0. The summed E-state index contributed by atoms with van der Waals surface area (Å²) in [5.74, 6) is -0.441. The second-order valence-corrected chi connectivity index (χ2v) is 4.32. The molecule has 2 rings (SSSR count). The van der Waals surface area contributed by atoms with Crippen molar-refractivity contribution in [3.8, 4) is 0 Å². The highest BCUT2D eigenvalue weighted by atomic mass is 79.9. The van der Waals surface area contributed by atoms with Crippen LogP contribution in [-0.4, -0.2) is 15.5 Å². The minimum absolute atomic E-state index is 0.0261. The molecule has 0 unspecified atom stereocenters. The van der Waals surface area contributed by atoms with Gasteiger partial charge in [-0.05, 0) is 11.6 Å². The van der Waals surface area contributed by atoms with Crippen molar-refractivity contribution < 1.29 is 4.39 Å². The summed E-state index contributed by atoms with van der Waals surface area (Å²) in [6.45, 7) is 1.55. The van der Waals surface area contributed by atoms with Gasteiger partial charge >= 0.3 is 0 Å². The molecule has 1 aliphatic rings. The Labute approximate surface area is 89.0 Å². The number of aromatic nitrogens is 1. The van der Waals surface area contributed by atoms with E-state index < -0.39 is 5.82 Å². The van der Waals surface area contributed by atoms with Crippen molar-refractivity contribution in [2.24, 2.45) is 0 Å². The van der Waals surface area contributed by atoms with E-state index in [0.717, 1.165) is 24.2 Å². The Bertz CT molecular complexity index is 345. The van der Waals surface area contributed by atoms with Crippen LogP contribution < -0.4 is 0 Å². The number of nitrogens with zero attached hydrogens (tertiary/aromatic N) is 2. The first-order chi connectivity index (χ1) is 6.16. The highest BCUT2D eigenvalue weighted by Gasteiger charge is 2.17. The maximum Gasteiger partial charge on any atom is 0.165 e. The molecule has 0 saturated carbocycles. The number of hydrogen-bond acceptors (Lipinski definition) is 2. The summed E-state index contributed by atoms with van der Waals surface area (Å²) in [5.41, 5.74) is 1.81. The third-order valence-electron chi connectivity index (χ3n) is 2.03. The highest BCUT2D eigenvalue weighted by Crippen LogP contribution is 2.23. The van der Waals surface area contributed by atoms with Crippen LogP contribution >= 0.6 is 27.7 Å². The normalized spacial score (nSPS) is 17.2. The van der Waals surface area contributed by atoms with E-state index in [1.54, 1.807) is 0 Å². The molecule has 2 heterocycles. The van der Waals surface area contributed by atoms with E-state index in [1.807, 2.05) is 3.93 Å². The average molecular weight is 266 g/mol. The fraction of sp³-hybridized carbons (Fsp3) is 0.375. The molecule has 5 heteroatoms. The summed E-state index contributed by atoms with van der Waals surface area (Å²) in [6, 6.07) is 1.46. The second kappa shape index (κ2) is 3.52. The van der Waals surface area contributed by atoms with E-state index in [9.17, 15) is 4.39 Å². The molecule has 1 aromatic heterocycles. The van der Waals surface area contributed by atoms with Gasteiger partial charge in [0.15, 0.2) is 11.0 Å². The number of rotatable bonds is 0. The minimum atomic E-state index is -0.441. The Hall–Kier alpha value is -0.190. The number of hydrogen-bond donors (Lipinski definition) is 0. The van der Waals surface area contributed by atoms with Crippen molar-refractivity contribution in [2.75, 3.05) is 6.54 Å². The van der Waals surface area contributed by atoms with Crippen molar-refractivity contribution in [3.63, 3.8) is 0 Å². The molecule has 0 aromatic carbocycles. The third-order valence-corrected chi connectivity index (χ3v) is 2.91. The molecule has 0 bridgehead atoms. The fourth-order valence-electron chi connectivity index (χ4n) is 1.38. The van der Waals surface area contributed by atoms with E-state index in [-0.39, 0.29) is 5.15 Å². The molecule has 1 aromatic rings. The second-order valence-electron chi connectivity index (χ2n) is 2.96. The molecule has 0 N–H and O–H groups in total.